The smallest absolute Gasteiger partial charge is 0.130 e. The first-order chi connectivity index (χ1) is 19.6. The molecule has 3 aromatic rings. The van der Waals surface area contributed by atoms with Crippen molar-refractivity contribution in [3.8, 4) is 23.0 Å². The Bertz CT molecular complexity index is 1320. The summed E-state index contributed by atoms with van der Waals surface area (Å²) in [6.07, 6.45) is 8.55. The van der Waals surface area contributed by atoms with Crippen LogP contribution in [0.3, 0.4) is 0 Å². The van der Waals surface area contributed by atoms with Crippen LogP contribution in [0.4, 0.5) is 5.69 Å². The average Bonchev–Trinajstić information content (AvgIpc) is 3.04. The summed E-state index contributed by atoms with van der Waals surface area (Å²) in [5.74, 6) is 3.04. The maximum atomic E-state index is 5.68. The number of benzene rings is 3. The summed E-state index contributed by atoms with van der Waals surface area (Å²) in [6.45, 7) is 4.57. The predicted octanol–water partition coefficient (Wildman–Crippen LogP) is 5.83. The first-order valence-electron chi connectivity index (χ1n) is 13.3. The van der Waals surface area contributed by atoms with Crippen molar-refractivity contribution >= 4 is 17.3 Å². The highest BCUT2D eigenvalue weighted by atomic mass is 16.5. The highest BCUT2D eigenvalue weighted by Crippen LogP contribution is 2.35. The van der Waals surface area contributed by atoms with Crippen LogP contribution >= 0.6 is 0 Å². The van der Waals surface area contributed by atoms with Crippen molar-refractivity contribution in [1.29, 1.82) is 0 Å². The molecule has 7 heteroatoms. The number of anilines is 1. The van der Waals surface area contributed by atoms with E-state index in [1.165, 1.54) is 0 Å². The lowest BCUT2D eigenvalue weighted by Gasteiger charge is -2.27. The first kappa shape index (κ1) is 28.8. The third-order valence-electron chi connectivity index (χ3n) is 6.56. The maximum absolute atomic E-state index is 5.68. The van der Waals surface area contributed by atoms with E-state index in [0.717, 1.165) is 83.8 Å². The Hall–Kier alpha value is -4.20. The zero-order valence-corrected chi connectivity index (χ0v) is 23.7. The number of hydrogen-bond acceptors (Lipinski definition) is 7. The summed E-state index contributed by atoms with van der Waals surface area (Å²) in [4.78, 5) is 2.24. The van der Waals surface area contributed by atoms with Crippen LogP contribution < -0.4 is 29.2 Å². The summed E-state index contributed by atoms with van der Waals surface area (Å²) in [5, 5.41) is 3.16. The lowest BCUT2D eigenvalue weighted by Crippen LogP contribution is -2.30. The molecule has 2 heterocycles. The number of para-hydroxylation sites is 1. The minimum absolute atomic E-state index is 0.737. The lowest BCUT2D eigenvalue weighted by atomic mass is 9.98. The molecule has 2 aliphatic heterocycles. The molecule has 2 aliphatic rings. The Labute approximate surface area is 237 Å². The molecule has 0 unspecified atom stereocenters. The van der Waals surface area contributed by atoms with Crippen LogP contribution in [0.2, 0.25) is 0 Å². The molecule has 1 saturated heterocycles. The highest BCUT2D eigenvalue weighted by Gasteiger charge is 2.17. The van der Waals surface area contributed by atoms with Gasteiger partial charge in [-0.1, -0.05) is 30.4 Å². The van der Waals surface area contributed by atoms with Crippen LogP contribution in [0, 0.1) is 0 Å². The third kappa shape index (κ3) is 7.68. The summed E-state index contributed by atoms with van der Waals surface area (Å²) in [7, 11) is 6.65. The predicted molar refractivity (Wildman–Crippen MR) is 162 cm³/mol. The van der Waals surface area contributed by atoms with E-state index in [-0.39, 0.29) is 0 Å². The molecule has 3 aromatic carbocycles. The molecule has 5 rings (SSSR count). The monoisotopic (exact) mass is 542 g/mol. The molecule has 0 saturated carbocycles. The van der Waals surface area contributed by atoms with Gasteiger partial charge in [0, 0.05) is 60.4 Å². The van der Waals surface area contributed by atoms with Crippen molar-refractivity contribution < 1.29 is 23.7 Å². The van der Waals surface area contributed by atoms with Gasteiger partial charge in [-0.25, -0.2) is 0 Å². The number of rotatable bonds is 8. The Morgan fingerprint density at radius 2 is 1.43 bits per heavy atom. The van der Waals surface area contributed by atoms with E-state index in [9.17, 15) is 0 Å². The minimum Gasteiger partial charge on any atom is -0.497 e. The molecule has 0 amide bonds. The van der Waals surface area contributed by atoms with Crippen LogP contribution in [0.15, 0.2) is 90.7 Å². The minimum atomic E-state index is 0.737. The van der Waals surface area contributed by atoms with Crippen molar-refractivity contribution in [2.75, 3.05) is 66.2 Å². The molecule has 0 radical (unpaired) electrons. The molecule has 40 heavy (non-hydrogen) atoms. The van der Waals surface area contributed by atoms with Gasteiger partial charge >= 0.3 is 0 Å². The van der Waals surface area contributed by atoms with Gasteiger partial charge in [0.15, 0.2) is 0 Å². The van der Waals surface area contributed by atoms with Crippen molar-refractivity contribution in [3.63, 3.8) is 0 Å². The number of ether oxygens (including phenoxy) is 5. The van der Waals surface area contributed by atoms with Gasteiger partial charge in [-0.3, -0.25) is 0 Å². The van der Waals surface area contributed by atoms with E-state index in [1.54, 1.807) is 28.4 Å². The fourth-order valence-corrected chi connectivity index (χ4v) is 4.43. The highest BCUT2D eigenvalue weighted by molar-refractivity contribution is 5.83. The molecule has 1 fully saturated rings. The average molecular weight is 543 g/mol. The van der Waals surface area contributed by atoms with Gasteiger partial charge < -0.3 is 33.9 Å². The molecular formula is C33H38N2O5. The fourth-order valence-electron chi connectivity index (χ4n) is 4.43. The number of allylic oxidation sites excluding steroid dienone is 2. The quantitative estimate of drug-likeness (QED) is 0.384. The van der Waals surface area contributed by atoms with Crippen LogP contribution in [-0.4, -0.2) is 61.3 Å². The van der Waals surface area contributed by atoms with E-state index in [1.807, 2.05) is 54.6 Å². The Kier molecular flexibility index (Phi) is 10.7. The van der Waals surface area contributed by atoms with Crippen molar-refractivity contribution in [2.24, 2.45) is 0 Å². The van der Waals surface area contributed by atoms with Crippen LogP contribution in [0.25, 0.3) is 11.6 Å². The van der Waals surface area contributed by atoms with Crippen molar-refractivity contribution in [1.82, 2.24) is 5.32 Å². The van der Waals surface area contributed by atoms with Gasteiger partial charge in [-0.05, 0) is 48.0 Å². The Balaban J connectivity index is 0.000000546. The van der Waals surface area contributed by atoms with Crippen molar-refractivity contribution in [3.05, 3.63) is 102 Å². The van der Waals surface area contributed by atoms with E-state index >= 15 is 0 Å². The summed E-state index contributed by atoms with van der Waals surface area (Å²) < 4.78 is 26.9. The summed E-state index contributed by atoms with van der Waals surface area (Å²) >= 11 is 0. The number of nitrogens with one attached hydrogen (secondary N) is 1. The molecule has 210 valence electrons. The number of morpholine rings is 1. The van der Waals surface area contributed by atoms with Crippen LogP contribution in [0.5, 0.6) is 23.0 Å². The van der Waals surface area contributed by atoms with Gasteiger partial charge in [-0.15, -0.1) is 0 Å². The van der Waals surface area contributed by atoms with Gasteiger partial charge in [-0.2, -0.15) is 0 Å². The van der Waals surface area contributed by atoms with E-state index in [4.69, 9.17) is 23.7 Å². The van der Waals surface area contributed by atoms with Gasteiger partial charge in [0.2, 0.25) is 0 Å². The third-order valence-corrected chi connectivity index (χ3v) is 6.56. The van der Waals surface area contributed by atoms with Crippen molar-refractivity contribution in [2.45, 2.75) is 0 Å². The van der Waals surface area contributed by atoms with E-state index < -0.39 is 0 Å². The SMILES string of the molecule is C1COCCN1.COc1ccc(C=CC2=CC(c3ccc(OC)cc3OC)=CN(c3ccccc3)C2)c(OC)c1. The number of hydrogen-bond donors (Lipinski definition) is 1. The topological polar surface area (TPSA) is 61.4 Å². The lowest BCUT2D eigenvalue weighted by molar-refractivity contribution is 0.109. The molecular weight excluding hydrogens is 504 g/mol. The Morgan fingerprint density at radius 1 is 0.750 bits per heavy atom. The normalized spacial score (nSPS) is 14.9. The molecule has 7 nitrogen and oxygen atoms in total. The van der Waals surface area contributed by atoms with Crippen LogP contribution in [0.1, 0.15) is 11.1 Å². The van der Waals surface area contributed by atoms with E-state index in [2.05, 4.69) is 46.8 Å². The molecule has 0 bridgehead atoms. The first-order valence-corrected chi connectivity index (χ1v) is 13.3. The molecule has 0 aromatic heterocycles. The zero-order valence-electron chi connectivity index (χ0n) is 23.7. The number of nitrogens with zero attached hydrogens (tertiary/aromatic N) is 1. The van der Waals surface area contributed by atoms with Crippen LogP contribution in [-0.2, 0) is 4.74 Å². The van der Waals surface area contributed by atoms with Gasteiger partial charge in [0.25, 0.3) is 0 Å². The Morgan fingerprint density at radius 3 is 2.02 bits per heavy atom. The summed E-state index contributed by atoms with van der Waals surface area (Å²) in [5.41, 5.74) is 5.30. The standard InChI is InChI=1S/C29H29NO4.C4H9NO/c1-31-25-13-12-22(28(17-25)33-3)11-10-21-16-23(20-30(19-21)24-8-6-5-7-9-24)27-15-14-26(32-2)18-29(27)34-4;1-3-6-4-2-5-1/h5-18,20H,19H2,1-4H3;5H,1-4H2. The molecule has 1 N–H and O–H groups in total. The summed E-state index contributed by atoms with van der Waals surface area (Å²) in [6, 6.07) is 22.0. The second-order valence-electron chi connectivity index (χ2n) is 9.14. The molecule has 0 aliphatic carbocycles. The largest absolute Gasteiger partial charge is 0.497 e. The van der Waals surface area contributed by atoms with E-state index in [0.29, 0.717) is 0 Å². The maximum Gasteiger partial charge on any atom is 0.130 e. The zero-order chi connectivity index (χ0) is 28.2. The second kappa shape index (κ2) is 14.8. The van der Waals surface area contributed by atoms with Gasteiger partial charge in [0.1, 0.15) is 23.0 Å². The second-order valence-corrected chi connectivity index (χ2v) is 9.14. The van der Waals surface area contributed by atoms with Gasteiger partial charge in [0.05, 0.1) is 41.7 Å². The fraction of sp³-hybridized carbons (Fsp3) is 0.273. The molecule has 0 spiro atoms. The molecule has 0 atom stereocenters. The number of methoxy groups -OCH3 is 4.